The van der Waals surface area contributed by atoms with Gasteiger partial charge in [0.15, 0.2) is 0 Å². The molecule has 1 fully saturated rings. The van der Waals surface area contributed by atoms with E-state index in [4.69, 9.17) is 9.47 Å². The van der Waals surface area contributed by atoms with Gasteiger partial charge >= 0.3 is 35.9 Å². The maximum absolute atomic E-state index is 16.7. The van der Waals surface area contributed by atoms with Crippen molar-refractivity contribution in [3.8, 4) is 0 Å². The maximum Gasteiger partial charge on any atom is 0.411 e. The van der Waals surface area contributed by atoms with E-state index in [0.29, 0.717) is 54.8 Å². The summed E-state index contributed by atoms with van der Waals surface area (Å²) < 4.78 is 197. The van der Waals surface area contributed by atoms with E-state index in [1.807, 2.05) is 20.8 Å². The molecule has 2 heterocycles. The SMILES string of the molecule is CCC(C)(CC)C1=CC=CC(C)(OC2(F)C(F)(F)C(F)(F)C2(F)OC2(C)C=CC=C(N3C(=O)c4ccc(C(c5ccc6c(c5)C(=O)N(C(C)(CC)CC)C6=O)(C(F)(F)F)C(F)(F)F)cc4C3=O)C=C2)C=C1. The van der Waals surface area contributed by atoms with Crippen LogP contribution in [0.15, 0.2) is 108 Å². The zero-order chi connectivity index (χ0) is 53.1. The van der Waals surface area contributed by atoms with Crippen molar-refractivity contribution in [2.45, 2.75) is 139 Å². The van der Waals surface area contributed by atoms with E-state index >= 15 is 52.7 Å². The number of ether oxygens (including phenoxy) is 2. The molecule has 4 unspecified atom stereocenters. The van der Waals surface area contributed by atoms with Crippen LogP contribution in [0.25, 0.3) is 0 Å². The van der Waals surface area contributed by atoms with Gasteiger partial charge < -0.3 is 9.47 Å². The Labute approximate surface area is 400 Å². The number of alkyl halides is 12. The third-order valence-electron chi connectivity index (χ3n) is 15.0. The van der Waals surface area contributed by atoms with Gasteiger partial charge in [0.1, 0.15) is 11.2 Å². The molecule has 3 aliphatic carbocycles. The van der Waals surface area contributed by atoms with E-state index < -0.39 is 126 Å². The van der Waals surface area contributed by atoms with E-state index in [-0.39, 0.29) is 23.8 Å². The molecule has 0 saturated heterocycles. The van der Waals surface area contributed by atoms with Gasteiger partial charge in [-0.1, -0.05) is 71.1 Å². The largest absolute Gasteiger partial charge is 0.411 e. The van der Waals surface area contributed by atoms with E-state index in [1.165, 1.54) is 19.1 Å². The molecule has 20 heteroatoms. The van der Waals surface area contributed by atoms with Gasteiger partial charge in [-0.2, -0.15) is 52.7 Å². The summed E-state index contributed by atoms with van der Waals surface area (Å²) in [6, 6.07) is 2.47. The Hall–Kier alpha value is -5.76. The van der Waals surface area contributed by atoms with Crippen LogP contribution in [-0.4, -0.2) is 86.1 Å². The smallest absolute Gasteiger partial charge is 0.322 e. The van der Waals surface area contributed by atoms with Crippen molar-refractivity contribution in [1.82, 2.24) is 9.80 Å². The maximum atomic E-state index is 16.7. The minimum absolute atomic E-state index is 0.201. The van der Waals surface area contributed by atoms with Crippen molar-refractivity contribution in [1.29, 1.82) is 0 Å². The molecule has 0 radical (unpaired) electrons. The fourth-order valence-corrected chi connectivity index (χ4v) is 9.59. The average molecular weight is 1010 g/mol. The standard InChI is InChI=1S/C51H48F12N2O6/c1-9-41(5,10-2)29-15-13-23-43(7,25-21-29)70-48(56)46(52,53)47(54,55)49(48,57)71-44(8)24-14-16-32(22-26-44)64-37(66)33-19-17-30(27-35(33)38(64)67)45(50(58,59)60,51(61,62)63)31-18-20-34-36(28-31)40(69)65(39(34)68)42(6,11-3)12-4/h13-28H,9-12H2,1-8H3. The molecule has 8 nitrogen and oxygen atoms in total. The Morgan fingerprint density at radius 2 is 0.944 bits per heavy atom. The number of carbonyl (C=O) groups excluding carboxylic acids is 4. The topological polar surface area (TPSA) is 93.2 Å². The molecular weight excluding hydrogens is 965 g/mol. The van der Waals surface area contributed by atoms with Gasteiger partial charge in [-0.15, -0.1) is 0 Å². The lowest BCUT2D eigenvalue weighted by Crippen LogP contribution is -2.89. The van der Waals surface area contributed by atoms with Crippen LogP contribution in [0.2, 0.25) is 0 Å². The van der Waals surface area contributed by atoms with Gasteiger partial charge in [0.2, 0.25) is 5.41 Å². The lowest BCUT2D eigenvalue weighted by atomic mass is 9.71. The highest BCUT2D eigenvalue weighted by Gasteiger charge is 3.02. The molecule has 71 heavy (non-hydrogen) atoms. The molecule has 0 N–H and O–H groups in total. The number of benzene rings is 2. The number of allylic oxidation sites excluding steroid dienone is 7. The van der Waals surface area contributed by atoms with E-state index in [0.717, 1.165) is 55.2 Å². The quantitative estimate of drug-likeness (QED) is 0.147. The molecule has 7 rings (SSSR count). The molecule has 2 aromatic carbocycles. The first-order valence-corrected chi connectivity index (χ1v) is 22.5. The van der Waals surface area contributed by atoms with Crippen molar-refractivity contribution in [3.63, 3.8) is 0 Å². The molecular formula is C51H48F12N2O6. The normalized spacial score (nSPS) is 27.4. The molecule has 0 bridgehead atoms. The summed E-state index contributed by atoms with van der Waals surface area (Å²) in [4.78, 5) is 55.8. The number of nitrogens with zero attached hydrogens (tertiary/aromatic N) is 2. The highest BCUT2D eigenvalue weighted by Crippen LogP contribution is 2.70. The molecule has 4 atom stereocenters. The van der Waals surface area contributed by atoms with Crippen molar-refractivity contribution in [3.05, 3.63) is 142 Å². The number of rotatable bonds is 13. The number of halogens is 12. The van der Waals surface area contributed by atoms with Crippen LogP contribution in [0.3, 0.4) is 0 Å². The summed E-state index contributed by atoms with van der Waals surface area (Å²) in [5.41, 5.74) is -17.4. The zero-order valence-corrected chi connectivity index (χ0v) is 39.4. The summed E-state index contributed by atoms with van der Waals surface area (Å²) in [5, 5.41) is 0. The summed E-state index contributed by atoms with van der Waals surface area (Å²) in [5.74, 6) is -27.0. The first-order chi connectivity index (χ1) is 32.6. The first-order valence-electron chi connectivity index (χ1n) is 22.5. The lowest BCUT2D eigenvalue weighted by molar-refractivity contribution is -0.567. The van der Waals surface area contributed by atoms with Crippen molar-refractivity contribution >= 4 is 23.6 Å². The Morgan fingerprint density at radius 3 is 1.39 bits per heavy atom. The molecule has 2 aliphatic heterocycles. The van der Waals surface area contributed by atoms with Gasteiger partial charge in [-0.05, 0) is 129 Å². The second-order valence-corrected chi connectivity index (χ2v) is 19.1. The van der Waals surface area contributed by atoms with E-state index in [9.17, 15) is 19.2 Å². The summed E-state index contributed by atoms with van der Waals surface area (Å²) >= 11 is 0. The van der Waals surface area contributed by atoms with Crippen LogP contribution in [0.5, 0.6) is 0 Å². The second kappa shape index (κ2) is 16.6. The minimum Gasteiger partial charge on any atom is -0.322 e. The molecule has 4 amide bonds. The van der Waals surface area contributed by atoms with E-state index in [2.05, 4.69) is 0 Å². The second-order valence-electron chi connectivity index (χ2n) is 19.1. The minimum atomic E-state index is -6.27. The van der Waals surface area contributed by atoms with Crippen LogP contribution in [0.1, 0.15) is 134 Å². The van der Waals surface area contributed by atoms with Gasteiger partial charge in [0, 0.05) is 5.54 Å². The highest BCUT2D eigenvalue weighted by molar-refractivity contribution is 6.23. The number of hydrogen-bond donors (Lipinski definition) is 0. The van der Waals surface area contributed by atoms with Crippen molar-refractivity contribution in [2.24, 2.45) is 5.41 Å². The van der Waals surface area contributed by atoms with Crippen molar-refractivity contribution in [2.75, 3.05) is 0 Å². The average Bonchev–Trinajstić information content (AvgIpc) is 3.47. The zero-order valence-electron chi connectivity index (χ0n) is 39.4. The predicted molar refractivity (Wildman–Crippen MR) is 234 cm³/mol. The third-order valence-corrected chi connectivity index (χ3v) is 15.0. The third kappa shape index (κ3) is 7.33. The monoisotopic (exact) mass is 1010 g/mol. The van der Waals surface area contributed by atoms with Crippen LogP contribution in [0, 0.1) is 5.41 Å². The van der Waals surface area contributed by atoms with Crippen LogP contribution >= 0.6 is 0 Å². The molecule has 1 saturated carbocycles. The first kappa shape index (κ1) is 53.0. The molecule has 0 aromatic heterocycles. The van der Waals surface area contributed by atoms with Crippen LogP contribution in [-0.2, 0) is 14.9 Å². The fourth-order valence-electron chi connectivity index (χ4n) is 9.59. The summed E-state index contributed by atoms with van der Waals surface area (Å²) in [7, 11) is 0. The lowest BCUT2D eigenvalue weighted by Gasteiger charge is -2.59. The van der Waals surface area contributed by atoms with Gasteiger partial charge in [0.25, 0.3) is 23.6 Å². The number of carbonyl (C=O) groups is 4. The van der Waals surface area contributed by atoms with Crippen LogP contribution < -0.4 is 0 Å². The van der Waals surface area contributed by atoms with E-state index in [1.54, 1.807) is 19.9 Å². The Morgan fingerprint density at radius 1 is 0.535 bits per heavy atom. The Kier molecular flexibility index (Phi) is 12.4. The Balaban J connectivity index is 1.21. The predicted octanol–water partition coefficient (Wildman–Crippen LogP) is 12.9. The Bertz CT molecular complexity index is 2780. The van der Waals surface area contributed by atoms with Gasteiger partial charge in [0.05, 0.1) is 28.0 Å². The van der Waals surface area contributed by atoms with Crippen molar-refractivity contribution < 1.29 is 81.3 Å². The fraction of sp³-hybridized carbons (Fsp3) is 0.451. The number of imide groups is 2. The molecule has 0 spiro atoms. The number of amides is 4. The number of hydrogen-bond acceptors (Lipinski definition) is 6. The molecule has 382 valence electrons. The van der Waals surface area contributed by atoms with Gasteiger partial charge in [-0.25, -0.2) is 4.90 Å². The molecule has 5 aliphatic rings. The summed E-state index contributed by atoms with van der Waals surface area (Å²) in [6.45, 7) is 12.3. The summed E-state index contributed by atoms with van der Waals surface area (Å²) in [6.07, 6.45) is -0.525. The van der Waals surface area contributed by atoms with Crippen LogP contribution in [0.4, 0.5) is 52.7 Å². The highest BCUT2D eigenvalue weighted by atomic mass is 19.4. The molecule has 2 aromatic rings. The van der Waals surface area contributed by atoms with Gasteiger partial charge in [-0.3, -0.25) is 24.1 Å². The number of fused-ring (bicyclic) bond motifs is 2.